The zero-order chi connectivity index (χ0) is 10.2. The van der Waals surface area contributed by atoms with Crippen LogP contribution in [-0.4, -0.2) is 11.7 Å². The van der Waals surface area contributed by atoms with E-state index in [9.17, 15) is 4.39 Å². The molecular formula is C12H15FO. The van der Waals surface area contributed by atoms with Crippen LogP contribution in [0.4, 0.5) is 4.39 Å². The van der Waals surface area contributed by atoms with Gasteiger partial charge in [0.15, 0.2) is 0 Å². The SMILES string of the molecule is Cc1cc(CC2(CO)CC2)ccc1F. The van der Waals surface area contributed by atoms with E-state index >= 15 is 0 Å². The Balaban J connectivity index is 2.14. The van der Waals surface area contributed by atoms with E-state index in [4.69, 9.17) is 5.11 Å². The summed E-state index contributed by atoms with van der Waals surface area (Å²) >= 11 is 0. The molecule has 0 aliphatic heterocycles. The van der Waals surface area contributed by atoms with Gasteiger partial charge < -0.3 is 5.11 Å². The monoisotopic (exact) mass is 194 g/mol. The summed E-state index contributed by atoms with van der Waals surface area (Å²) < 4.78 is 13.0. The van der Waals surface area contributed by atoms with Crippen LogP contribution < -0.4 is 0 Å². The number of benzene rings is 1. The lowest BCUT2D eigenvalue weighted by Crippen LogP contribution is -2.10. The van der Waals surface area contributed by atoms with Gasteiger partial charge in [-0.1, -0.05) is 12.1 Å². The molecule has 0 radical (unpaired) electrons. The predicted octanol–water partition coefficient (Wildman–Crippen LogP) is 2.45. The van der Waals surface area contributed by atoms with Crippen molar-refractivity contribution in [3.05, 3.63) is 35.1 Å². The van der Waals surface area contributed by atoms with Gasteiger partial charge in [0.1, 0.15) is 5.82 Å². The van der Waals surface area contributed by atoms with E-state index in [0.29, 0.717) is 5.56 Å². The maximum absolute atomic E-state index is 13.0. The number of aliphatic hydroxyl groups excluding tert-OH is 1. The molecule has 1 fully saturated rings. The van der Waals surface area contributed by atoms with Crippen molar-refractivity contribution in [3.8, 4) is 0 Å². The molecule has 1 N–H and O–H groups in total. The van der Waals surface area contributed by atoms with Crippen molar-refractivity contribution in [3.63, 3.8) is 0 Å². The molecule has 2 rings (SSSR count). The van der Waals surface area contributed by atoms with Crippen molar-refractivity contribution in [2.24, 2.45) is 5.41 Å². The van der Waals surface area contributed by atoms with Crippen LogP contribution in [0.1, 0.15) is 24.0 Å². The Labute approximate surface area is 83.6 Å². The molecule has 0 unspecified atom stereocenters. The van der Waals surface area contributed by atoms with Gasteiger partial charge in [0.05, 0.1) is 0 Å². The summed E-state index contributed by atoms with van der Waals surface area (Å²) in [6.45, 7) is 2.03. The third-order valence-corrected chi connectivity index (χ3v) is 3.09. The maximum atomic E-state index is 13.0. The Bertz CT molecular complexity index is 342. The van der Waals surface area contributed by atoms with Crippen LogP contribution in [0.15, 0.2) is 18.2 Å². The van der Waals surface area contributed by atoms with Gasteiger partial charge in [0.2, 0.25) is 0 Å². The molecule has 76 valence electrons. The lowest BCUT2D eigenvalue weighted by molar-refractivity contribution is 0.211. The smallest absolute Gasteiger partial charge is 0.126 e. The molecule has 0 heterocycles. The highest BCUT2D eigenvalue weighted by Crippen LogP contribution is 2.47. The van der Waals surface area contributed by atoms with Gasteiger partial charge >= 0.3 is 0 Å². The van der Waals surface area contributed by atoms with Crippen LogP contribution in [0, 0.1) is 18.2 Å². The molecule has 0 aromatic heterocycles. The fourth-order valence-electron chi connectivity index (χ4n) is 1.82. The molecule has 1 aliphatic carbocycles. The molecule has 0 spiro atoms. The Morgan fingerprint density at radius 2 is 2.14 bits per heavy atom. The summed E-state index contributed by atoms with van der Waals surface area (Å²) in [6.07, 6.45) is 3.07. The molecule has 0 saturated heterocycles. The van der Waals surface area contributed by atoms with Gasteiger partial charge in [-0.05, 0) is 48.8 Å². The maximum Gasteiger partial charge on any atom is 0.126 e. The second-order valence-corrected chi connectivity index (χ2v) is 4.42. The average molecular weight is 194 g/mol. The van der Waals surface area contributed by atoms with Crippen molar-refractivity contribution in [2.45, 2.75) is 26.2 Å². The molecule has 1 aliphatic rings. The quantitative estimate of drug-likeness (QED) is 0.783. The molecule has 14 heavy (non-hydrogen) atoms. The van der Waals surface area contributed by atoms with E-state index < -0.39 is 0 Å². The van der Waals surface area contributed by atoms with Gasteiger partial charge in [-0.2, -0.15) is 0 Å². The Hall–Kier alpha value is -0.890. The average Bonchev–Trinajstić information content (AvgIpc) is 2.93. The summed E-state index contributed by atoms with van der Waals surface area (Å²) in [5.74, 6) is -0.150. The number of hydrogen-bond acceptors (Lipinski definition) is 1. The molecule has 1 saturated carbocycles. The second-order valence-electron chi connectivity index (χ2n) is 4.42. The molecule has 1 nitrogen and oxygen atoms in total. The number of halogens is 1. The van der Waals surface area contributed by atoms with Crippen LogP contribution >= 0.6 is 0 Å². The van der Waals surface area contributed by atoms with Gasteiger partial charge in [-0.3, -0.25) is 0 Å². The predicted molar refractivity (Wildman–Crippen MR) is 53.6 cm³/mol. The largest absolute Gasteiger partial charge is 0.396 e. The van der Waals surface area contributed by atoms with Crippen molar-refractivity contribution >= 4 is 0 Å². The zero-order valence-corrected chi connectivity index (χ0v) is 8.39. The van der Waals surface area contributed by atoms with Crippen molar-refractivity contribution < 1.29 is 9.50 Å². The summed E-state index contributed by atoms with van der Waals surface area (Å²) in [6, 6.07) is 5.21. The van der Waals surface area contributed by atoms with E-state index in [2.05, 4.69) is 0 Å². The summed E-state index contributed by atoms with van der Waals surface area (Å²) in [4.78, 5) is 0. The van der Waals surface area contributed by atoms with E-state index in [-0.39, 0.29) is 17.8 Å². The molecule has 2 heteroatoms. The number of rotatable bonds is 3. The fraction of sp³-hybridized carbons (Fsp3) is 0.500. The minimum absolute atomic E-state index is 0.115. The van der Waals surface area contributed by atoms with Gasteiger partial charge in [-0.25, -0.2) is 4.39 Å². The molecule has 1 aromatic carbocycles. The van der Waals surface area contributed by atoms with Gasteiger partial charge in [0, 0.05) is 6.61 Å². The minimum Gasteiger partial charge on any atom is -0.396 e. The minimum atomic E-state index is -0.150. The first-order valence-electron chi connectivity index (χ1n) is 5.01. The summed E-state index contributed by atoms with van der Waals surface area (Å²) in [7, 11) is 0. The standard InChI is InChI=1S/C12H15FO/c1-9-6-10(2-3-11(9)13)7-12(8-14)4-5-12/h2-3,6,14H,4-5,7-8H2,1H3. The van der Waals surface area contributed by atoms with Crippen LogP contribution in [0.25, 0.3) is 0 Å². The van der Waals surface area contributed by atoms with E-state index in [1.54, 1.807) is 6.92 Å². The van der Waals surface area contributed by atoms with E-state index in [1.807, 2.05) is 12.1 Å². The molecule has 0 amide bonds. The lowest BCUT2D eigenvalue weighted by atomic mass is 9.96. The van der Waals surface area contributed by atoms with Crippen LogP contribution in [0.5, 0.6) is 0 Å². The Kier molecular flexibility index (Phi) is 2.31. The Morgan fingerprint density at radius 1 is 1.43 bits per heavy atom. The van der Waals surface area contributed by atoms with Gasteiger partial charge in [-0.15, -0.1) is 0 Å². The first kappa shape index (κ1) is 9.66. The zero-order valence-electron chi connectivity index (χ0n) is 8.39. The number of hydrogen-bond donors (Lipinski definition) is 1. The highest BCUT2D eigenvalue weighted by atomic mass is 19.1. The van der Waals surface area contributed by atoms with Crippen LogP contribution in [0.2, 0.25) is 0 Å². The van der Waals surface area contributed by atoms with E-state index in [0.717, 1.165) is 24.8 Å². The number of aryl methyl sites for hydroxylation is 1. The second kappa shape index (κ2) is 3.35. The first-order valence-corrected chi connectivity index (χ1v) is 5.01. The molecule has 1 aromatic rings. The summed E-state index contributed by atoms with van der Waals surface area (Å²) in [5.41, 5.74) is 1.94. The van der Waals surface area contributed by atoms with Crippen molar-refractivity contribution in [2.75, 3.05) is 6.61 Å². The third-order valence-electron chi connectivity index (χ3n) is 3.09. The molecule has 0 bridgehead atoms. The van der Waals surface area contributed by atoms with Crippen LogP contribution in [0.3, 0.4) is 0 Å². The Morgan fingerprint density at radius 3 is 2.64 bits per heavy atom. The van der Waals surface area contributed by atoms with Crippen molar-refractivity contribution in [1.29, 1.82) is 0 Å². The summed E-state index contributed by atoms with van der Waals surface area (Å²) in [5, 5.41) is 9.17. The molecular weight excluding hydrogens is 179 g/mol. The third kappa shape index (κ3) is 1.80. The van der Waals surface area contributed by atoms with Crippen molar-refractivity contribution in [1.82, 2.24) is 0 Å². The normalized spacial score (nSPS) is 18.2. The van der Waals surface area contributed by atoms with Crippen LogP contribution in [-0.2, 0) is 6.42 Å². The molecule has 0 atom stereocenters. The lowest BCUT2D eigenvalue weighted by Gasteiger charge is -2.11. The highest BCUT2D eigenvalue weighted by molar-refractivity contribution is 5.25. The number of aliphatic hydroxyl groups is 1. The van der Waals surface area contributed by atoms with Gasteiger partial charge in [0.25, 0.3) is 0 Å². The first-order chi connectivity index (χ1) is 6.65. The fourth-order valence-corrected chi connectivity index (χ4v) is 1.82. The van der Waals surface area contributed by atoms with E-state index in [1.165, 1.54) is 6.07 Å². The highest BCUT2D eigenvalue weighted by Gasteiger charge is 2.41. The topological polar surface area (TPSA) is 20.2 Å².